The Morgan fingerprint density at radius 2 is 2.04 bits per heavy atom. The Labute approximate surface area is 166 Å². The third-order valence-electron chi connectivity index (χ3n) is 5.01. The van der Waals surface area contributed by atoms with Crippen molar-refractivity contribution in [2.24, 2.45) is 11.7 Å². The summed E-state index contributed by atoms with van der Waals surface area (Å²) in [6.45, 7) is 2.08. The minimum atomic E-state index is -0.403. The number of benzene rings is 2. The number of nitrogens with zero attached hydrogens (tertiary/aromatic N) is 1. The van der Waals surface area contributed by atoms with Crippen LogP contribution in [0, 0.1) is 5.92 Å². The van der Waals surface area contributed by atoms with Crippen molar-refractivity contribution in [1.82, 2.24) is 4.98 Å². The number of phenolic OH excluding ortho intramolecular Hbond substituents is 1. The van der Waals surface area contributed by atoms with E-state index < -0.39 is 5.91 Å². The Kier molecular flexibility index (Phi) is 4.73. The van der Waals surface area contributed by atoms with Gasteiger partial charge in [-0.25, -0.2) is 4.98 Å². The Morgan fingerprint density at radius 3 is 2.79 bits per heavy atom. The Hall–Kier alpha value is -2.99. The number of hydrogen-bond donors (Lipinski definition) is 2. The molecular weight excluding hydrogens is 380 g/mol. The fraction of sp³-hybridized carbons (Fsp3) is 0.238. The molecule has 0 spiro atoms. The van der Waals surface area contributed by atoms with Gasteiger partial charge in [-0.1, -0.05) is 18.5 Å². The first-order chi connectivity index (χ1) is 13.5. The molecule has 0 aliphatic carbocycles. The molecule has 1 aliphatic heterocycles. The van der Waals surface area contributed by atoms with Crippen molar-refractivity contribution in [2.75, 3.05) is 6.79 Å². The van der Waals surface area contributed by atoms with Crippen molar-refractivity contribution in [1.29, 1.82) is 0 Å². The predicted octanol–water partition coefficient (Wildman–Crippen LogP) is 4.04. The largest absolute Gasteiger partial charge is 0.505 e. The lowest BCUT2D eigenvalue weighted by molar-refractivity contribution is -0.121. The van der Waals surface area contributed by atoms with Crippen LogP contribution in [-0.4, -0.2) is 22.8 Å². The van der Waals surface area contributed by atoms with Crippen molar-refractivity contribution < 1.29 is 19.4 Å². The Morgan fingerprint density at radius 1 is 1.25 bits per heavy atom. The molecular formula is C21H19ClN2O4. The van der Waals surface area contributed by atoms with Crippen LogP contribution < -0.4 is 15.2 Å². The summed E-state index contributed by atoms with van der Waals surface area (Å²) < 4.78 is 10.8. The number of hydrogen-bond acceptors (Lipinski definition) is 5. The van der Waals surface area contributed by atoms with Gasteiger partial charge in [-0.05, 0) is 54.8 Å². The molecule has 0 radical (unpaired) electrons. The van der Waals surface area contributed by atoms with E-state index in [1.807, 2.05) is 37.3 Å². The van der Waals surface area contributed by atoms with Crippen LogP contribution in [0.2, 0.25) is 5.02 Å². The normalized spacial score (nSPS) is 13.6. The molecule has 0 bridgehead atoms. The number of pyridine rings is 1. The molecule has 4 rings (SSSR count). The van der Waals surface area contributed by atoms with Crippen LogP contribution in [0.1, 0.15) is 18.9 Å². The highest BCUT2D eigenvalue weighted by molar-refractivity contribution is 6.35. The van der Waals surface area contributed by atoms with E-state index in [9.17, 15) is 9.90 Å². The maximum absolute atomic E-state index is 11.6. The van der Waals surface area contributed by atoms with E-state index in [0.717, 1.165) is 5.56 Å². The van der Waals surface area contributed by atoms with Crippen LogP contribution in [0.25, 0.3) is 22.2 Å². The monoisotopic (exact) mass is 398 g/mol. The number of amides is 1. The maximum Gasteiger partial charge on any atom is 0.231 e. The van der Waals surface area contributed by atoms with Crippen LogP contribution in [0.4, 0.5) is 0 Å². The van der Waals surface area contributed by atoms with Crippen molar-refractivity contribution in [3.05, 3.63) is 47.0 Å². The first-order valence-electron chi connectivity index (χ1n) is 8.98. The van der Waals surface area contributed by atoms with Gasteiger partial charge in [0.2, 0.25) is 12.7 Å². The standard InChI is InChI=1S/C21H19ClN2O4/c1-2-11(21(23)26)7-13-8-15(22)14-4-5-16(24-19(14)20(13)25)12-3-6-17-18(9-12)28-10-27-17/h3-6,8-9,11,25H,2,7,10H2,1H3,(H2,23,26). The second-order valence-corrected chi connectivity index (χ2v) is 7.15. The molecule has 1 aromatic heterocycles. The average Bonchev–Trinajstić information content (AvgIpc) is 3.16. The summed E-state index contributed by atoms with van der Waals surface area (Å²) in [6.07, 6.45) is 0.887. The van der Waals surface area contributed by atoms with E-state index in [1.54, 1.807) is 6.07 Å². The van der Waals surface area contributed by atoms with Crippen molar-refractivity contribution in [3.63, 3.8) is 0 Å². The van der Waals surface area contributed by atoms with E-state index in [0.29, 0.717) is 51.5 Å². The van der Waals surface area contributed by atoms with E-state index in [2.05, 4.69) is 4.98 Å². The molecule has 3 N–H and O–H groups in total. The lowest BCUT2D eigenvalue weighted by Gasteiger charge is -2.14. The van der Waals surface area contributed by atoms with Crippen LogP contribution in [0.5, 0.6) is 17.2 Å². The van der Waals surface area contributed by atoms with Gasteiger partial charge in [0.25, 0.3) is 0 Å². The first-order valence-corrected chi connectivity index (χ1v) is 9.36. The number of phenols is 1. The van der Waals surface area contributed by atoms with Gasteiger partial charge in [0, 0.05) is 16.9 Å². The number of ether oxygens (including phenoxy) is 2. The van der Waals surface area contributed by atoms with Gasteiger partial charge in [0.15, 0.2) is 11.5 Å². The molecule has 0 saturated heterocycles. The van der Waals surface area contributed by atoms with Gasteiger partial charge in [-0.2, -0.15) is 0 Å². The Bertz CT molecular complexity index is 1080. The summed E-state index contributed by atoms with van der Waals surface area (Å²) >= 11 is 6.41. The highest BCUT2D eigenvalue weighted by Crippen LogP contribution is 2.38. The highest BCUT2D eigenvalue weighted by Gasteiger charge is 2.20. The lowest BCUT2D eigenvalue weighted by atomic mass is 9.94. The lowest BCUT2D eigenvalue weighted by Crippen LogP contribution is -2.24. The van der Waals surface area contributed by atoms with E-state index in [1.165, 1.54) is 0 Å². The summed E-state index contributed by atoms with van der Waals surface area (Å²) in [7, 11) is 0. The number of nitrogens with two attached hydrogens (primary N) is 1. The van der Waals surface area contributed by atoms with E-state index in [4.69, 9.17) is 26.8 Å². The molecule has 1 aliphatic rings. The molecule has 1 amide bonds. The van der Waals surface area contributed by atoms with Crippen molar-refractivity contribution in [2.45, 2.75) is 19.8 Å². The molecule has 0 fully saturated rings. The van der Waals surface area contributed by atoms with Gasteiger partial charge in [-0.3, -0.25) is 4.79 Å². The second-order valence-electron chi connectivity index (χ2n) is 6.74. The quantitative estimate of drug-likeness (QED) is 0.676. The van der Waals surface area contributed by atoms with Crippen LogP contribution >= 0.6 is 11.6 Å². The minimum absolute atomic E-state index is 0.0155. The van der Waals surface area contributed by atoms with Crippen molar-refractivity contribution >= 4 is 28.4 Å². The minimum Gasteiger partial charge on any atom is -0.505 e. The molecule has 6 nitrogen and oxygen atoms in total. The molecule has 28 heavy (non-hydrogen) atoms. The number of halogens is 1. The molecule has 7 heteroatoms. The predicted molar refractivity (Wildman–Crippen MR) is 107 cm³/mol. The molecule has 1 unspecified atom stereocenters. The fourth-order valence-electron chi connectivity index (χ4n) is 3.37. The summed E-state index contributed by atoms with van der Waals surface area (Å²) in [5.74, 6) is 0.579. The third-order valence-corrected chi connectivity index (χ3v) is 5.32. The first kappa shape index (κ1) is 18.4. The van der Waals surface area contributed by atoms with Crippen molar-refractivity contribution in [3.8, 4) is 28.5 Å². The summed E-state index contributed by atoms with van der Waals surface area (Å²) in [5.41, 5.74) is 7.88. The van der Waals surface area contributed by atoms with Gasteiger partial charge in [0.05, 0.1) is 10.7 Å². The number of fused-ring (bicyclic) bond motifs is 2. The number of aromatic nitrogens is 1. The summed E-state index contributed by atoms with van der Waals surface area (Å²) in [5, 5.41) is 11.9. The van der Waals surface area contributed by atoms with Gasteiger partial charge in [0.1, 0.15) is 11.3 Å². The Balaban J connectivity index is 1.79. The SMILES string of the molecule is CCC(Cc1cc(Cl)c2ccc(-c3ccc4c(c3)OCO4)nc2c1O)C(N)=O. The zero-order valence-electron chi connectivity index (χ0n) is 15.2. The molecule has 2 heterocycles. The van der Waals surface area contributed by atoms with E-state index >= 15 is 0 Å². The molecule has 0 saturated carbocycles. The second kappa shape index (κ2) is 7.20. The van der Waals surface area contributed by atoms with Crippen LogP contribution in [0.3, 0.4) is 0 Å². The zero-order chi connectivity index (χ0) is 19.8. The molecule has 144 valence electrons. The highest BCUT2D eigenvalue weighted by atomic mass is 35.5. The average molecular weight is 399 g/mol. The van der Waals surface area contributed by atoms with Gasteiger partial charge in [-0.15, -0.1) is 0 Å². The van der Waals surface area contributed by atoms with Crippen LogP contribution in [-0.2, 0) is 11.2 Å². The summed E-state index contributed by atoms with van der Waals surface area (Å²) in [6, 6.07) is 10.9. The number of carbonyl (C=O) groups excluding carboxylic acids is 1. The van der Waals surface area contributed by atoms with E-state index in [-0.39, 0.29) is 18.5 Å². The maximum atomic E-state index is 11.6. The number of carbonyl (C=O) groups is 1. The van der Waals surface area contributed by atoms with Crippen LogP contribution in [0.15, 0.2) is 36.4 Å². The number of aromatic hydroxyl groups is 1. The molecule has 3 aromatic rings. The van der Waals surface area contributed by atoms with Gasteiger partial charge >= 0.3 is 0 Å². The number of rotatable bonds is 5. The zero-order valence-corrected chi connectivity index (χ0v) is 16.0. The smallest absolute Gasteiger partial charge is 0.231 e. The molecule has 2 aromatic carbocycles. The third kappa shape index (κ3) is 3.20. The fourth-order valence-corrected chi connectivity index (χ4v) is 3.65. The summed E-state index contributed by atoms with van der Waals surface area (Å²) in [4.78, 5) is 16.2. The van der Waals surface area contributed by atoms with Gasteiger partial charge < -0.3 is 20.3 Å². The topological polar surface area (TPSA) is 94.7 Å². The molecule has 1 atom stereocenters. The number of primary amides is 1.